The number of carbonyl (C=O) groups is 1. The van der Waals surface area contributed by atoms with E-state index in [-0.39, 0.29) is 12.6 Å². The van der Waals surface area contributed by atoms with Crippen molar-refractivity contribution in [2.24, 2.45) is 17.8 Å². The van der Waals surface area contributed by atoms with Gasteiger partial charge in [-0.05, 0) is 42.7 Å². The number of esters is 1. The zero-order valence-electron chi connectivity index (χ0n) is 12.7. The van der Waals surface area contributed by atoms with E-state index in [1.807, 2.05) is 18.2 Å². The Kier molecular flexibility index (Phi) is 7.31. The van der Waals surface area contributed by atoms with Gasteiger partial charge >= 0.3 is 5.97 Å². The summed E-state index contributed by atoms with van der Waals surface area (Å²) in [7, 11) is 0. The van der Waals surface area contributed by atoms with Crippen molar-refractivity contribution in [1.29, 1.82) is 0 Å². The zero-order valence-corrected chi connectivity index (χ0v) is 12.7. The summed E-state index contributed by atoms with van der Waals surface area (Å²) in [5.41, 5.74) is 0.599. The van der Waals surface area contributed by atoms with E-state index in [1.54, 1.807) is 12.1 Å². The largest absolute Gasteiger partial charge is 0.462 e. The Morgan fingerprint density at radius 1 is 1.05 bits per heavy atom. The molecule has 0 unspecified atom stereocenters. The van der Waals surface area contributed by atoms with Crippen molar-refractivity contribution in [3.05, 3.63) is 35.9 Å². The summed E-state index contributed by atoms with van der Waals surface area (Å²) in [4.78, 5) is 11.8. The van der Waals surface area contributed by atoms with Crippen LogP contribution >= 0.6 is 0 Å². The first-order valence-corrected chi connectivity index (χ1v) is 7.36. The predicted molar refractivity (Wildman–Crippen MR) is 80.5 cm³/mol. The average molecular weight is 278 g/mol. The molecule has 3 heteroatoms. The molecule has 0 saturated heterocycles. The van der Waals surface area contributed by atoms with Gasteiger partial charge in [0.2, 0.25) is 0 Å². The fourth-order valence-electron chi connectivity index (χ4n) is 2.49. The number of ether oxygens (including phenoxy) is 1. The number of rotatable bonds is 8. The molecule has 0 saturated carbocycles. The summed E-state index contributed by atoms with van der Waals surface area (Å²) >= 11 is 0. The van der Waals surface area contributed by atoms with Crippen LogP contribution in [0.4, 0.5) is 0 Å². The van der Waals surface area contributed by atoms with Gasteiger partial charge in [0.05, 0.1) is 12.2 Å². The summed E-state index contributed by atoms with van der Waals surface area (Å²) in [5, 5.41) is 9.05. The van der Waals surface area contributed by atoms with Crippen LogP contribution in [0.15, 0.2) is 30.3 Å². The highest BCUT2D eigenvalue weighted by molar-refractivity contribution is 5.89. The monoisotopic (exact) mass is 278 g/mol. The summed E-state index contributed by atoms with van der Waals surface area (Å²) < 4.78 is 5.33. The lowest BCUT2D eigenvalue weighted by Gasteiger charge is -2.19. The van der Waals surface area contributed by atoms with E-state index < -0.39 is 0 Å². The van der Waals surface area contributed by atoms with Gasteiger partial charge in [0.15, 0.2) is 0 Å². The number of hydrogen-bond donors (Lipinski definition) is 1. The standard InChI is InChI=1S/C17H26O3/c1-13(9-14(2)11-18)10-15(3)12-20-17(19)16-7-5-4-6-8-16/h4-8,13-15,18H,9-12H2,1-3H3/t13-,14+,15-/m1/s1. The van der Waals surface area contributed by atoms with E-state index in [0.29, 0.717) is 29.9 Å². The lowest BCUT2D eigenvalue weighted by Crippen LogP contribution is -2.16. The van der Waals surface area contributed by atoms with Gasteiger partial charge in [-0.3, -0.25) is 0 Å². The Morgan fingerprint density at radius 2 is 1.65 bits per heavy atom. The molecule has 0 bridgehead atoms. The van der Waals surface area contributed by atoms with Crippen LogP contribution in [0.1, 0.15) is 44.0 Å². The maximum atomic E-state index is 11.8. The quantitative estimate of drug-likeness (QED) is 0.740. The molecule has 0 radical (unpaired) electrons. The van der Waals surface area contributed by atoms with Crippen LogP contribution in [-0.2, 0) is 4.74 Å². The fourth-order valence-corrected chi connectivity index (χ4v) is 2.49. The van der Waals surface area contributed by atoms with Crippen molar-refractivity contribution >= 4 is 5.97 Å². The molecule has 112 valence electrons. The fraction of sp³-hybridized carbons (Fsp3) is 0.588. The molecule has 0 aliphatic heterocycles. The summed E-state index contributed by atoms with van der Waals surface area (Å²) in [6, 6.07) is 9.07. The summed E-state index contributed by atoms with van der Waals surface area (Å²) in [6.07, 6.45) is 2.01. The third-order valence-corrected chi connectivity index (χ3v) is 3.43. The molecule has 1 aromatic rings. The van der Waals surface area contributed by atoms with E-state index in [1.165, 1.54) is 0 Å². The van der Waals surface area contributed by atoms with E-state index >= 15 is 0 Å². The molecular formula is C17H26O3. The third-order valence-electron chi connectivity index (χ3n) is 3.43. The molecule has 0 aliphatic carbocycles. The van der Waals surface area contributed by atoms with Gasteiger partial charge in [-0.1, -0.05) is 39.0 Å². The van der Waals surface area contributed by atoms with Gasteiger partial charge in [0, 0.05) is 6.61 Å². The second kappa shape index (κ2) is 8.75. The van der Waals surface area contributed by atoms with Crippen LogP contribution in [0.5, 0.6) is 0 Å². The molecule has 0 aliphatic rings. The number of benzene rings is 1. The Hall–Kier alpha value is -1.35. The number of hydrogen-bond acceptors (Lipinski definition) is 3. The van der Waals surface area contributed by atoms with E-state index in [0.717, 1.165) is 12.8 Å². The highest BCUT2D eigenvalue weighted by atomic mass is 16.5. The number of aliphatic hydroxyl groups is 1. The van der Waals surface area contributed by atoms with Crippen LogP contribution in [0, 0.1) is 17.8 Å². The molecule has 1 aromatic carbocycles. The van der Waals surface area contributed by atoms with Crippen molar-refractivity contribution in [3.63, 3.8) is 0 Å². The highest BCUT2D eigenvalue weighted by Crippen LogP contribution is 2.20. The topological polar surface area (TPSA) is 46.5 Å². The van der Waals surface area contributed by atoms with Gasteiger partial charge < -0.3 is 9.84 Å². The lowest BCUT2D eigenvalue weighted by atomic mass is 9.90. The normalized spacial score (nSPS) is 15.4. The van der Waals surface area contributed by atoms with Gasteiger partial charge in [-0.15, -0.1) is 0 Å². The predicted octanol–water partition coefficient (Wildman–Crippen LogP) is 3.52. The first kappa shape index (κ1) is 16.7. The maximum absolute atomic E-state index is 11.8. The zero-order chi connectivity index (χ0) is 15.0. The Morgan fingerprint density at radius 3 is 2.25 bits per heavy atom. The number of carbonyl (C=O) groups excluding carboxylic acids is 1. The minimum atomic E-state index is -0.256. The smallest absolute Gasteiger partial charge is 0.338 e. The molecule has 20 heavy (non-hydrogen) atoms. The Bertz CT molecular complexity index is 388. The lowest BCUT2D eigenvalue weighted by molar-refractivity contribution is 0.0431. The van der Waals surface area contributed by atoms with Crippen LogP contribution < -0.4 is 0 Å². The van der Waals surface area contributed by atoms with Crippen molar-refractivity contribution < 1.29 is 14.6 Å². The summed E-state index contributed by atoms with van der Waals surface area (Å²) in [5.74, 6) is 0.948. The SMILES string of the molecule is C[C@H](C[C@H](C)CO)C[C@@H](C)COC(=O)c1ccccc1. The van der Waals surface area contributed by atoms with Crippen molar-refractivity contribution in [2.75, 3.05) is 13.2 Å². The average Bonchev–Trinajstić information content (AvgIpc) is 2.45. The molecule has 0 aromatic heterocycles. The van der Waals surface area contributed by atoms with Crippen LogP contribution in [0.2, 0.25) is 0 Å². The molecule has 3 nitrogen and oxygen atoms in total. The van der Waals surface area contributed by atoms with E-state index in [2.05, 4.69) is 20.8 Å². The second-order valence-electron chi connectivity index (χ2n) is 5.93. The molecule has 0 heterocycles. The Labute approximate surface area is 122 Å². The third kappa shape index (κ3) is 6.20. The molecule has 0 fully saturated rings. The van der Waals surface area contributed by atoms with Crippen LogP contribution in [0.3, 0.4) is 0 Å². The summed E-state index contributed by atoms with van der Waals surface area (Å²) in [6.45, 7) is 7.02. The van der Waals surface area contributed by atoms with Gasteiger partial charge in [0.1, 0.15) is 0 Å². The molecule has 1 N–H and O–H groups in total. The minimum Gasteiger partial charge on any atom is -0.462 e. The van der Waals surface area contributed by atoms with E-state index in [4.69, 9.17) is 9.84 Å². The Balaban J connectivity index is 2.29. The molecule has 3 atom stereocenters. The molecular weight excluding hydrogens is 252 g/mol. The second-order valence-corrected chi connectivity index (χ2v) is 5.93. The maximum Gasteiger partial charge on any atom is 0.338 e. The first-order chi connectivity index (χ1) is 9.52. The first-order valence-electron chi connectivity index (χ1n) is 7.36. The van der Waals surface area contributed by atoms with E-state index in [9.17, 15) is 4.79 Å². The van der Waals surface area contributed by atoms with Crippen LogP contribution in [0.25, 0.3) is 0 Å². The highest BCUT2D eigenvalue weighted by Gasteiger charge is 2.14. The van der Waals surface area contributed by atoms with Gasteiger partial charge in [-0.25, -0.2) is 4.79 Å². The van der Waals surface area contributed by atoms with Crippen LogP contribution in [-0.4, -0.2) is 24.3 Å². The van der Waals surface area contributed by atoms with Gasteiger partial charge in [-0.2, -0.15) is 0 Å². The van der Waals surface area contributed by atoms with Crippen molar-refractivity contribution in [3.8, 4) is 0 Å². The van der Waals surface area contributed by atoms with Crippen molar-refractivity contribution in [1.82, 2.24) is 0 Å². The molecule has 0 spiro atoms. The number of aliphatic hydroxyl groups excluding tert-OH is 1. The minimum absolute atomic E-state index is 0.238. The molecule has 1 rings (SSSR count). The van der Waals surface area contributed by atoms with Crippen molar-refractivity contribution in [2.45, 2.75) is 33.6 Å². The van der Waals surface area contributed by atoms with Gasteiger partial charge in [0.25, 0.3) is 0 Å². The molecule has 0 amide bonds.